The Morgan fingerprint density at radius 3 is 2.65 bits per heavy atom. The van der Waals surface area contributed by atoms with Gasteiger partial charge >= 0.3 is 0 Å². The summed E-state index contributed by atoms with van der Waals surface area (Å²) in [6, 6.07) is 0. The van der Waals surface area contributed by atoms with Crippen LogP contribution < -0.4 is 0 Å². The summed E-state index contributed by atoms with van der Waals surface area (Å²) in [5, 5.41) is 8.84. The fourth-order valence-electron chi connectivity index (χ4n) is 1.40. The van der Waals surface area contributed by atoms with E-state index in [1.54, 1.807) is 6.20 Å². The normalized spacial score (nSPS) is 12.3. The van der Waals surface area contributed by atoms with Crippen molar-refractivity contribution >= 4 is 6.08 Å². The standard InChI is InChI=1S/C14H22N2O/c1-11-13(6-5-9-17)16-12(10-15-11)7-8-14(2,3)4/h7-8,10,17H,5-6,9H2,1-4H3. The number of hydrogen-bond donors (Lipinski definition) is 1. The summed E-state index contributed by atoms with van der Waals surface area (Å²) in [5.41, 5.74) is 2.97. The van der Waals surface area contributed by atoms with E-state index in [-0.39, 0.29) is 12.0 Å². The summed E-state index contributed by atoms with van der Waals surface area (Å²) in [5.74, 6) is 0. The van der Waals surface area contributed by atoms with Crippen molar-refractivity contribution in [3.8, 4) is 0 Å². The Hall–Kier alpha value is -1.22. The fraction of sp³-hybridized carbons (Fsp3) is 0.571. The van der Waals surface area contributed by atoms with Crippen molar-refractivity contribution in [2.75, 3.05) is 6.61 Å². The van der Waals surface area contributed by atoms with Crippen molar-refractivity contribution in [2.24, 2.45) is 5.41 Å². The second-order valence-electron chi connectivity index (χ2n) is 5.35. The van der Waals surface area contributed by atoms with E-state index in [0.29, 0.717) is 0 Å². The average Bonchev–Trinajstić information content (AvgIpc) is 2.25. The molecule has 0 fully saturated rings. The van der Waals surface area contributed by atoms with Gasteiger partial charge in [0.2, 0.25) is 0 Å². The summed E-state index contributed by atoms with van der Waals surface area (Å²) in [4.78, 5) is 8.89. The topological polar surface area (TPSA) is 46.0 Å². The van der Waals surface area contributed by atoms with Crippen LogP contribution in [0, 0.1) is 12.3 Å². The summed E-state index contributed by atoms with van der Waals surface area (Å²) in [6.45, 7) is 8.60. The number of hydrogen-bond acceptors (Lipinski definition) is 3. The highest BCUT2D eigenvalue weighted by Crippen LogP contribution is 2.16. The zero-order chi connectivity index (χ0) is 12.9. The first kappa shape index (κ1) is 13.8. The van der Waals surface area contributed by atoms with Crippen LogP contribution in [0.2, 0.25) is 0 Å². The van der Waals surface area contributed by atoms with Gasteiger partial charge in [-0.2, -0.15) is 0 Å². The van der Waals surface area contributed by atoms with Crippen LogP contribution in [0.1, 0.15) is 44.3 Å². The largest absolute Gasteiger partial charge is 0.396 e. The van der Waals surface area contributed by atoms with E-state index >= 15 is 0 Å². The first-order valence-electron chi connectivity index (χ1n) is 6.05. The number of aromatic nitrogens is 2. The van der Waals surface area contributed by atoms with Crippen LogP contribution in [0.15, 0.2) is 12.3 Å². The van der Waals surface area contributed by atoms with Gasteiger partial charge in [-0.25, -0.2) is 4.98 Å². The number of rotatable bonds is 4. The van der Waals surface area contributed by atoms with Gasteiger partial charge in [0.15, 0.2) is 0 Å². The summed E-state index contributed by atoms with van der Waals surface area (Å²) < 4.78 is 0. The average molecular weight is 234 g/mol. The Morgan fingerprint density at radius 2 is 2.06 bits per heavy atom. The van der Waals surface area contributed by atoms with Gasteiger partial charge in [-0.15, -0.1) is 0 Å². The molecule has 94 valence electrons. The minimum atomic E-state index is 0.151. The molecule has 0 bridgehead atoms. The maximum atomic E-state index is 8.84. The molecule has 0 atom stereocenters. The summed E-state index contributed by atoms with van der Waals surface area (Å²) in [7, 11) is 0. The molecule has 1 N–H and O–H groups in total. The van der Waals surface area contributed by atoms with Crippen LogP contribution in [-0.4, -0.2) is 21.7 Å². The van der Waals surface area contributed by atoms with E-state index in [9.17, 15) is 0 Å². The number of aliphatic hydroxyl groups excluding tert-OH is 1. The Balaban J connectivity index is 2.85. The molecule has 0 saturated heterocycles. The Kier molecular flexibility index (Phi) is 4.82. The highest BCUT2D eigenvalue weighted by Gasteiger charge is 2.05. The Morgan fingerprint density at radius 1 is 1.35 bits per heavy atom. The van der Waals surface area contributed by atoms with Gasteiger partial charge in [0.25, 0.3) is 0 Å². The predicted octanol–water partition coefficient (Wildman–Crippen LogP) is 2.77. The van der Waals surface area contributed by atoms with Crippen LogP contribution in [0.3, 0.4) is 0 Å². The first-order chi connectivity index (χ1) is 7.92. The van der Waals surface area contributed by atoms with Crippen LogP contribution in [0.25, 0.3) is 6.08 Å². The van der Waals surface area contributed by atoms with E-state index < -0.39 is 0 Å². The quantitative estimate of drug-likeness (QED) is 0.871. The molecule has 0 spiro atoms. The van der Waals surface area contributed by atoms with E-state index in [1.807, 2.05) is 13.0 Å². The van der Waals surface area contributed by atoms with Gasteiger partial charge in [-0.1, -0.05) is 26.8 Å². The molecular formula is C14H22N2O. The predicted molar refractivity (Wildman–Crippen MR) is 70.7 cm³/mol. The molecule has 0 amide bonds. The lowest BCUT2D eigenvalue weighted by atomic mass is 9.96. The van der Waals surface area contributed by atoms with Gasteiger partial charge in [0.05, 0.1) is 23.3 Å². The van der Waals surface area contributed by atoms with Crippen molar-refractivity contribution in [1.82, 2.24) is 9.97 Å². The van der Waals surface area contributed by atoms with E-state index in [2.05, 4.69) is 36.8 Å². The molecule has 3 nitrogen and oxygen atoms in total. The molecule has 1 heterocycles. The SMILES string of the molecule is Cc1ncc(C=CC(C)(C)C)nc1CCCO. The van der Waals surface area contributed by atoms with E-state index in [1.165, 1.54) is 0 Å². The number of aliphatic hydroxyl groups is 1. The minimum absolute atomic E-state index is 0.151. The maximum Gasteiger partial charge on any atom is 0.0813 e. The van der Waals surface area contributed by atoms with Gasteiger partial charge < -0.3 is 5.11 Å². The Labute approximate surface area is 104 Å². The third-order valence-electron chi connectivity index (χ3n) is 2.40. The van der Waals surface area contributed by atoms with Crippen molar-refractivity contribution in [3.63, 3.8) is 0 Å². The van der Waals surface area contributed by atoms with Gasteiger partial charge in [-0.3, -0.25) is 4.98 Å². The first-order valence-corrected chi connectivity index (χ1v) is 6.05. The molecule has 3 heteroatoms. The molecule has 0 radical (unpaired) electrons. The van der Waals surface area contributed by atoms with Crippen LogP contribution in [0.4, 0.5) is 0 Å². The molecule has 0 unspecified atom stereocenters. The Bertz CT molecular complexity index is 392. The molecule has 17 heavy (non-hydrogen) atoms. The van der Waals surface area contributed by atoms with Crippen molar-refractivity contribution in [1.29, 1.82) is 0 Å². The van der Waals surface area contributed by atoms with Crippen LogP contribution in [-0.2, 0) is 6.42 Å². The minimum Gasteiger partial charge on any atom is -0.396 e. The third-order valence-corrected chi connectivity index (χ3v) is 2.40. The summed E-state index contributed by atoms with van der Waals surface area (Å²) >= 11 is 0. The van der Waals surface area contributed by atoms with Crippen molar-refractivity contribution in [3.05, 3.63) is 29.4 Å². The smallest absolute Gasteiger partial charge is 0.0813 e. The molecule has 0 saturated carbocycles. The second kappa shape index (κ2) is 5.92. The lowest BCUT2D eigenvalue weighted by Gasteiger charge is -2.11. The van der Waals surface area contributed by atoms with Gasteiger partial charge in [0.1, 0.15) is 0 Å². The number of allylic oxidation sites excluding steroid dienone is 1. The third kappa shape index (κ3) is 5.09. The zero-order valence-electron chi connectivity index (χ0n) is 11.2. The van der Waals surface area contributed by atoms with E-state index in [0.717, 1.165) is 29.9 Å². The van der Waals surface area contributed by atoms with Crippen LogP contribution in [0.5, 0.6) is 0 Å². The molecule has 1 aromatic rings. The molecule has 0 aliphatic heterocycles. The molecular weight excluding hydrogens is 212 g/mol. The van der Waals surface area contributed by atoms with Crippen molar-refractivity contribution < 1.29 is 5.11 Å². The molecule has 0 aromatic carbocycles. The molecule has 0 aliphatic carbocycles. The summed E-state index contributed by atoms with van der Waals surface area (Å²) in [6.07, 6.45) is 7.45. The number of aryl methyl sites for hydroxylation is 2. The molecule has 1 rings (SSSR count). The lowest BCUT2D eigenvalue weighted by Crippen LogP contribution is -2.02. The number of nitrogens with zero attached hydrogens (tertiary/aromatic N) is 2. The second-order valence-corrected chi connectivity index (χ2v) is 5.35. The maximum absolute atomic E-state index is 8.84. The van der Waals surface area contributed by atoms with Crippen LogP contribution >= 0.6 is 0 Å². The highest BCUT2D eigenvalue weighted by atomic mass is 16.2. The fourth-order valence-corrected chi connectivity index (χ4v) is 1.40. The molecule has 1 aromatic heterocycles. The van der Waals surface area contributed by atoms with Gasteiger partial charge in [0, 0.05) is 6.61 Å². The highest BCUT2D eigenvalue weighted by molar-refractivity contribution is 5.44. The lowest BCUT2D eigenvalue weighted by molar-refractivity contribution is 0.288. The zero-order valence-corrected chi connectivity index (χ0v) is 11.2. The molecule has 0 aliphatic rings. The van der Waals surface area contributed by atoms with Gasteiger partial charge in [-0.05, 0) is 31.3 Å². The van der Waals surface area contributed by atoms with E-state index in [4.69, 9.17) is 5.11 Å². The van der Waals surface area contributed by atoms with Crippen molar-refractivity contribution in [2.45, 2.75) is 40.5 Å². The monoisotopic (exact) mass is 234 g/mol.